The molecule has 0 saturated carbocycles. The minimum absolute atomic E-state index is 0.570. The summed E-state index contributed by atoms with van der Waals surface area (Å²) in [5.74, 6) is 1.90. The number of carbonyl (C=O) groups is 1. The average Bonchev–Trinajstić information content (AvgIpc) is 2.15. The van der Waals surface area contributed by atoms with Crippen molar-refractivity contribution < 1.29 is 27.5 Å². The lowest BCUT2D eigenvalue weighted by Crippen LogP contribution is -2.08. The van der Waals surface area contributed by atoms with Crippen molar-refractivity contribution in [3.8, 4) is 11.8 Å². The second-order valence-electron chi connectivity index (χ2n) is 3.06. The fourth-order valence-corrected chi connectivity index (χ4v) is 1.08. The number of carboxylic acids is 1. The summed E-state index contributed by atoms with van der Waals surface area (Å²) in [6.07, 6.45) is -5.26. The van der Waals surface area contributed by atoms with Crippen molar-refractivity contribution in [1.82, 2.24) is 0 Å². The van der Waals surface area contributed by atoms with Gasteiger partial charge in [-0.1, -0.05) is 11.8 Å². The lowest BCUT2D eigenvalue weighted by molar-refractivity contribution is -0.138. The first-order valence-corrected chi connectivity index (χ1v) is 4.38. The molecule has 0 bridgehead atoms. The highest BCUT2D eigenvalue weighted by molar-refractivity contribution is 5.70. The van der Waals surface area contributed by atoms with E-state index in [4.69, 9.17) is 5.11 Å². The second kappa shape index (κ2) is 4.87. The Bertz CT molecular complexity index is 494. The third-order valence-electron chi connectivity index (χ3n) is 1.75. The molecular weight excluding hydrogens is 240 g/mol. The van der Waals surface area contributed by atoms with E-state index in [-0.39, 0.29) is 0 Å². The van der Waals surface area contributed by atoms with Crippen molar-refractivity contribution in [2.75, 3.05) is 0 Å². The van der Waals surface area contributed by atoms with Gasteiger partial charge in [-0.3, -0.25) is 4.79 Å². The molecule has 0 unspecified atom stereocenters. The van der Waals surface area contributed by atoms with Gasteiger partial charge >= 0.3 is 12.1 Å². The minimum atomic E-state index is -4.65. The molecular formula is C11H6F4O2. The van der Waals surface area contributed by atoms with Crippen molar-refractivity contribution in [2.24, 2.45) is 0 Å². The maximum atomic E-state index is 12.8. The smallest absolute Gasteiger partial charge is 0.417 e. The van der Waals surface area contributed by atoms with Crippen LogP contribution in [0.3, 0.4) is 0 Å². The lowest BCUT2D eigenvalue weighted by atomic mass is 10.1. The molecule has 1 aromatic carbocycles. The Morgan fingerprint density at radius 2 is 2.00 bits per heavy atom. The number of hydrogen-bond acceptors (Lipinski definition) is 1. The first-order valence-electron chi connectivity index (χ1n) is 4.38. The molecule has 0 aliphatic carbocycles. The van der Waals surface area contributed by atoms with Crippen LogP contribution in [0.2, 0.25) is 0 Å². The summed E-state index contributed by atoms with van der Waals surface area (Å²) in [5, 5.41) is 8.28. The van der Waals surface area contributed by atoms with Gasteiger partial charge in [0.25, 0.3) is 0 Å². The number of rotatable bonds is 1. The fourth-order valence-electron chi connectivity index (χ4n) is 1.08. The molecule has 1 aromatic rings. The molecule has 0 fully saturated rings. The number of aliphatic carboxylic acids is 1. The SMILES string of the molecule is O=C(O)CC#Cc1cc(F)ccc1C(F)(F)F. The number of hydrogen-bond donors (Lipinski definition) is 1. The topological polar surface area (TPSA) is 37.3 Å². The third-order valence-corrected chi connectivity index (χ3v) is 1.75. The molecule has 0 amide bonds. The van der Waals surface area contributed by atoms with Gasteiger partial charge in [0, 0.05) is 5.56 Å². The Kier molecular flexibility index (Phi) is 3.73. The maximum absolute atomic E-state index is 12.8. The molecule has 0 aromatic heterocycles. The van der Waals surface area contributed by atoms with Crippen molar-refractivity contribution in [3.05, 3.63) is 35.1 Å². The summed E-state index contributed by atoms with van der Waals surface area (Å²) in [6.45, 7) is 0. The number of alkyl halides is 3. The summed E-state index contributed by atoms with van der Waals surface area (Å²) in [7, 11) is 0. The Morgan fingerprint density at radius 1 is 1.35 bits per heavy atom. The molecule has 0 spiro atoms. The van der Waals surface area contributed by atoms with Gasteiger partial charge in [-0.2, -0.15) is 13.2 Å². The van der Waals surface area contributed by atoms with Gasteiger partial charge in [0.1, 0.15) is 12.2 Å². The van der Waals surface area contributed by atoms with Crippen LogP contribution in [-0.4, -0.2) is 11.1 Å². The first-order chi connectivity index (χ1) is 7.80. The van der Waals surface area contributed by atoms with Crippen LogP contribution in [0, 0.1) is 17.7 Å². The molecule has 1 N–H and O–H groups in total. The van der Waals surface area contributed by atoms with Crippen LogP contribution in [0.25, 0.3) is 0 Å². The second-order valence-corrected chi connectivity index (χ2v) is 3.06. The predicted molar refractivity (Wildman–Crippen MR) is 50.5 cm³/mol. The summed E-state index contributed by atoms with van der Waals surface area (Å²) in [4.78, 5) is 10.1. The van der Waals surface area contributed by atoms with Crippen LogP contribution >= 0.6 is 0 Å². The van der Waals surface area contributed by atoms with E-state index >= 15 is 0 Å². The van der Waals surface area contributed by atoms with Crippen LogP contribution in [0.15, 0.2) is 18.2 Å². The van der Waals surface area contributed by atoms with Crippen LogP contribution in [0.1, 0.15) is 17.5 Å². The molecule has 0 radical (unpaired) electrons. The van der Waals surface area contributed by atoms with Gasteiger partial charge in [-0.15, -0.1) is 0 Å². The van der Waals surface area contributed by atoms with Crippen molar-refractivity contribution >= 4 is 5.97 Å². The van der Waals surface area contributed by atoms with E-state index in [9.17, 15) is 22.4 Å². The summed E-state index contributed by atoms with van der Waals surface area (Å²) in [5.41, 5.74) is -1.66. The molecule has 0 aliphatic heterocycles. The molecule has 90 valence electrons. The van der Waals surface area contributed by atoms with Crippen LogP contribution in [-0.2, 0) is 11.0 Å². The fraction of sp³-hybridized carbons (Fsp3) is 0.182. The van der Waals surface area contributed by atoms with E-state index in [0.29, 0.717) is 18.2 Å². The standard InChI is InChI=1S/C11H6F4O2/c12-8-4-5-9(11(13,14)15)7(6-8)2-1-3-10(16)17/h4-6H,3H2,(H,16,17). The molecule has 0 aliphatic rings. The van der Waals surface area contributed by atoms with E-state index in [0.717, 1.165) is 0 Å². The molecule has 6 heteroatoms. The van der Waals surface area contributed by atoms with Crippen molar-refractivity contribution in [1.29, 1.82) is 0 Å². The van der Waals surface area contributed by atoms with Crippen LogP contribution in [0.5, 0.6) is 0 Å². The molecule has 0 saturated heterocycles. The van der Waals surface area contributed by atoms with Gasteiger partial charge in [-0.25, -0.2) is 4.39 Å². The Hall–Kier alpha value is -2.03. The first kappa shape index (κ1) is 13.0. The third kappa shape index (κ3) is 3.79. The number of benzene rings is 1. The molecule has 0 atom stereocenters. The van der Waals surface area contributed by atoms with Gasteiger partial charge in [0.2, 0.25) is 0 Å². The highest BCUT2D eigenvalue weighted by Crippen LogP contribution is 2.31. The van der Waals surface area contributed by atoms with E-state index in [1.165, 1.54) is 0 Å². The Labute approximate surface area is 93.9 Å². The molecule has 2 nitrogen and oxygen atoms in total. The molecule has 1 rings (SSSR count). The van der Waals surface area contributed by atoms with E-state index in [2.05, 4.69) is 0 Å². The van der Waals surface area contributed by atoms with E-state index < -0.39 is 35.5 Å². The normalized spacial score (nSPS) is 10.6. The Morgan fingerprint density at radius 3 is 2.53 bits per heavy atom. The zero-order chi connectivity index (χ0) is 13.1. The summed E-state index contributed by atoms with van der Waals surface area (Å²) in [6, 6.07) is 1.86. The maximum Gasteiger partial charge on any atom is 0.417 e. The lowest BCUT2D eigenvalue weighted by Gasteiger charge is -2.08. The minimum Gasteiger partial charge on any atom is -0.481 e. The average molecular weight is 246 g/mol. The van der Waals surface area contributed by atoms with Crippen molar-refractivity contribution in [3.63, 3.8) is 0 Å². The van der Waals surface area contributed by atoms with Gasteiger partial charge in [0.05, 0.1) is 5.56 Å². The summed E-state index contributed by atoms with van der Waals surface area (Å²) < 4.78 is 50.1. The monoisotopic (exact) mass is 246 g/mol. The van der Waals surface area contributed by atoms with Crippen LogP contribution < -0.4 is 0 Å². The highest BCUT2D eigenvalue weighted by atomic mass is 19.4. The number of halogens is 4. The molecule has 0 heterocycles. The zero-order valence-corrected chi connectivity index (χ0v) is 8.31. The van der Waals surface area contributed by atoms with E-state index in [1.54, 1.807) is 0 Å². The molecule has 17 heavy (non-hydrogen) atoms. The summed E-state index contributed by atoms with van der Waals surface area (Å²) >= 11 is 0. The largest absolute Gasteiger partial charge is 0.481 e. The number of carboxylic acid groups (broad SMARTS) is 1. The van der Waals surface area contributed by atoms with Crippen molar-refractivity contribution in [2.45, 2.75) is 12.6 Å². The van der Waals surface area contributed by atoms with Gasteiger partial charge in [0.15, 0.2) is 0 Å². The zero-order valence-electron chi connectivity index (χ0n) is 8.31. The van der Waals surface area contributed by atoms with Gasteiger partial charge in [-0.05, 0) is 18.2 Å². The van der Waals surface area contributed by atoms with Crippen LogP contribution in [0.4, 0.5) is 17.6 Å². The Balaban J connectivity index is 3.15. The van der Waals surface area contributed by atoms with Gasteiger partial charge < -0.3 is 5.11 Å². The van der Waals surface area contributed by atoms with E-state index in [1.807, 2.05) is 11.8 Å². The predicted octanol–water partition coefficient (Wildman–Crippen LogP) is 2.67. The highest BCUT2D eigenvalue weighted by Gasteiger charge is 2.33. The quantitative estimate of drug-likeness (QED) is 0.611.